The Morgan fingerprint density at radius 2 is 1.81 bits per heavy atom. The lowest BCUT2D eigenvalue weighted by atomic mass is 10.1. The van der Waals surface area contributed by atoms with Gasteiger partial charge in [0.05, 0.1) is 18.1 Å². The molecule has 3 rings (SSSR count). The van der Waals surface area contributed by atoms with Gasteiger partial charge in [-0.1, -0.05) is 24.3 Å². The number of carbonyl (C=O) groups is 2. The van der Waals surface area contributed by atoms with Gasteiger partial charge in [-0.05, 0) is 55.7 Å². The minimum Gasteiger partial charge on any atom is -0.543 e. The van der Waals surface area contributed by atoms with E-state index in [4.69, 9.17) is 0 Å². The van der Waals surface area contributed by atoms with Crippen LogP contribution in [-0.2, 0) is 11.2 Å². The molecule has 0 aliphatic carbocycles. The molecule has 5 heteroatoms. The summed E-state index contributed by atoms with van der Waals surface area (Å²) in [7, 11) is 0. The third kappa shape index (κ3) is 3.20. The number of aromatic amines is 1. The highest BCUT2D eigenvalue weighted by atomic mass is 16.4. The van der Waals surface area contributed by atoms with Crippen LogP contribution in [0.5, 0.6) is 0 Å². The lowest BCUT2D eigenvalue weighted by molar-refractivity contribution is -0.255. The molecule has 26 heavy (non-hydrogen) atoms. The molecule has 0 spiro atoms. The van der Waals surface area contributed by atoms with Gasteiger partial charge in [0.2, 0.25) is 5.91 Å². The average Bonchev–Trinajstić information content (AvgIpc) is 2.98. The summed E-state index contributed by atoms with van der Waals surface area (Å²) in [5, 5.41) is 12.2. The van der Waals surface area contributed by atoms with Gasteiger partial charge in [-0.15, -0.1) is 0 Å². The summed E-state index contributed by atoms with van der Waals surface area (Å²) in [5.41, 5.74) is 4.20. The molecule has 1 N–H and O–H groups in total. The van der Waals surface area contributed by atoms with Crippen molar-refractivity contribution < 1.29 is 14.7 Å². The van der Waals surface area contributed by atoms with Gasteiger partial charge < -0.3 is 19.8 Å². The average molecular weight is 349 g/mol. The Balaban J connectivity index is 1.98. The number of aryl methyl sites for hydroxylation is 2. The van der Waals surface area contributed by atoms with Gasteiger partial charge in [0.15, 0.2) is 0 Å². The van der Waals surface area contributed by atoms with Gasteiger partial charge in [-0.3, -0.25) is 4.79 Å². The minimum absolute atomic E-state index is 0.00586. The van der Waals surface area contributed by atoms with E-state index >= 15 is 0 Å². The van der Waals surface area contributed by atoms with E-state index in [1.165, 1.54) is 0 Å². The molecule has 0 aliphatic heterocycles. The summed E-state index contributed by atoms with van der Waals surface area (Å²) < 4.78 is 0. The fourth-order valence-electron chi connectivity index (χ4n) is 3.20. The van der Waals surface area contributed by atoms with E-state index in [1.54, 1.807) is 11.0 Å². The van der Waals surface area contributed by atoms with Crippen molar-refractivity contribution in [3.05, 3.63) is 64.8 Å². The number of anilines is 1. The van der Waals surface area contributed by atoms with E-state index in [0.29, 0.717) is 17.6 Å². The normalized spacial score (nSPS) is 10.9. The highest BCUT2D eigenvalue weighted by Crippen LogP contribution is 2.25. The van der Waals surface area contributed by atoms with Crippen molar-refractivity contribution in [2.75, 3.05) is 11.4 Å². The summed E-state index contributed by atoms with van der Waals surface area (Å²) >= 11 is 0. The first-order valence-electron chi connectivity index (χ1n) is 8.61. The summed E-state index contributed by atoms with van der Waals surface area (Å²) in [6, 6.07) is 13.1. The van der Waals surface area contributed by atoms with Gasteiger partial charge >= 0.3 is 0 Å². The van der Waals surface area contributed by atoms with Gasteiger partial charge in [0.25, 0.3) is 0 Å². The molecule has 2 aromatic carbocycles. The number of fused-ring (bicyclic) bond motifs is 1. The number of aromatic nitrogens is 1. The van der Waals surface area contributed by atoms with Gasteiger partial charge in [-0.2, -0.15) is 0 Å². The van der Waals surface area contributed by atoms with Crippen LogP contribution in [0.2, 0.25) is 0 Å². The van der Waals surface area contributed by atoms with Crippen LogP contribution >= 0.6 is 0 Å². The maximum absolute atomic E-state index is 13.0. The second-order valence-electron chi connectivity index (χ2n) is 6.39. The number of hydrogen-bond donors (Lipinski definition) is 1. The summed E-state index contributed by atoms with van der Waals surface area (Å²) in [5.74, 6) is -1.46. The zero-order valence-electron chi connectivity index (χ0n) is 15.1. The maximum atomic E-state index is 13.0. The topological polar surface area (TPSA) is 76.2 Å². The van der Waals surface area contributed by atoms with E-state index in [2.05, 4.69) is 4.98 Å². The lowest BCUT2D eigenvalue weighted by Gasteiger charge is -2.22. The molecular weight excluding hydrogens is 328 g/mol. The van der Waals surface area contributed by atoms with Crippen molar-refractivity contribution in [2.45, 2.75) is 27.2 Å². The second-order valence-corrected chi connectivity index (χ2v) is 6.39. The standard InChI is InChI=1S/C21H22N2O3/c1-4-23(15-10-9-13(2)14(3)11-15)19(24)12-17-16-7-5-6-8-18(16)22-20(17)21(25)26/h5-11,22H,4,12H2,1-3H3,(H,25,26)/p-1. The Labute approximate surface area is 152 Å². The number of benzene rings is 2. The molecule has 0 bridgehead atoms. The largest absolute Gasteiger partial charge is 0.543 e. The van der Waals surface area contributed by atoms with Crippen molar-refractivity contribution in [1.82, 2.24) is 4.98 Å². The zero-order chi connectivity index (χ0) is 18.8. The molecule has 5 nitrogen and oxygen atoms in total. The van der Waals surface area contributed by atoms with Gasteiger partial charge in [-0.25, -0.2) is 0 Å². The van der Waals surface area contributed by atoms with Gasteiger partial charge in [0.1, 0.15) is 0 Å². The first-order valence-corrected chi connectivity index (χ1v) is 8.61. The van der Waals surface area contributed by atoms with Crippen LogP contribution in [0.1, 0.15) is 34.1 Å². The Kier molecular flexibility index (Phi) is 4.80. The Bertz CT molecular complexity index is 988. The molecule has 0 unspecified atom stereocenters. The molecule has 0 aliphatic rings. The number of carboxylic acids is 1. The number of hydrogen-bond acceptors (Lipinski definition) is 3. The third-order valence-corrected chi connectivity index (χ3v) is 4.77. The highest BCUT2D eigenvalue weighted by Gasteiger charge is 2.20. The lowest BCUT2D eigenvalue weighted by Crippen LogP contribution is -2.33. The van der Waals surface area contributed by atoms with Crippen molar-refractivity contribution in [1.29, 1.82) is 0 Å². The number of amides is 1. The van der Waals surface area contributed by atoms with Crippen LogP contribution in [0.3, 0.4) is 0 Å². The van der Waals surface area contributed by atoms with E-state index in [-0.39, 0.29) is 18.0 Å². The van der Waals surface area contributed by atoms with Crippen LogP contribution in [0.15, 0.2) is 42.5 Å². The van der Waals surface area contributed by atoms with E-state index < -0.39 is 5.97 Å². The van der Waals surface area contributed by atoms with Crippen LogP contribution in [0.4, 0.5) is 5.69 Å². The zero-order valence-corrected chi connectivity index (χ0v) is 15.1. The molecule has 1 amide bonds. The molecule has 134 valence electrons. The highest BCUT2D eigenvalue weighted by molar-refractivity contribution is 6.02. The fourth-order valence-corrected chi connectivity index (χ4v) is 3.20. The van der Waals surface area contributed by atoms with E-state index in [9.17, 15) is 14.7 Å². The number of aromatic carboxylic acids is 1. The summed E-state index contributed by atoms with van der Waals surface area (Å²) in [6.07, 6.45) is -0.00586. The van der Waals surface area contributed by atoms with Crippen LogP contribution < -0.4 is 10.0 Å². The number of nitrogens with one attached hydrogen (secondary N) is 1. The van der Waals surface area contributed by atoms with E-state index in [1.807, 2.05) is 57.2 Å². The number of carboxylic acid groups (broad SMARTS) is 1. The first kappa shape index (κ1) is 17.7. The number of rotatable bonds is 5. The molecule has 1 heterocycles. The molecule has 1 aromatic heterocycles. The fraction of sp³-hybridized carbons (Fsp3) is 0.238. The number of likely N-dealkylation sites (N-methyl/N-ethyl adjacent to an activating group) is 1. The molecule has 0 saturated carbocycles. The Morgan fingerprint density at radius 1 is 1.08 bits per heavy atom. The number of nitrogens with zero attached hydrogens (tertiary/aromatic N) is 1. The van der Waals surface area contributed by atoms with Crippen molar-refractivity contribution in [3.63, 3.8) is 0 Å². The quantitative estimate of drug-likeness (QED) is 0.769. The Morgan fingerprint density at radius 3 is 2.46 bits per heavy atom. The SMILES string of the molecule is CCN(C(=O)Cc1c(C(=O)[O-])[nH]c2ccccc12)c1ccc(C)c(C)c1. The summed E-state index contributed by atoms with van der Waals surface area (Å²) in [4.78, 5) is 29.0. The molecule has 3 aromatic rings. The third-order valence-electron chi connectivity index (χ3n) is 4.77. The monoisotopic (exact) mass is 349 g/mol. The first-order chi connectivity index (χ1) is 12.4. The van der Waals surface area contributed by atoms with Crippen molar-refractivity contribution >= 4 is 28.5 Å². The predicted molar refractivity (Wildman–Crippen MR) is 100 cm³/mol. The molecular formula is C21H21N2O3-. The maximum Gasteiger partial charge on any atom is 0.231 e. The molecule has 0 atom stereocenters. The van der Waals surface area contributed by atoms with Crippen molar-refractivity contribution in [2.24, 2.45) is 0 Å². The number of para-hydroxylation sites is 1. The van der Waals surface area contributed by atoms with Gasteiger partial charge in [0, 0.05) is 23.1 Å². The summed E-state index contributed by atoms with van der Waals surface area (Å²) in [6.45, 7) is 6.44. The molecule has 0 fully saturated rings. The van der Waals surface area contributed by atoms with E-state index in [0.717, 1.165) is 22.2 Å². The van der Waals surface area contributed by atoms with Crippen LogP contribution in [0, 0.1) is 13.8 Å². The molecule has 0 radical (unpaired) electrons. The number of H-pyrrole nitrogens is 1. The molecule has 0 saturated heterocycles. The predicted octanol–water partition coefficient (Wildman–Crippen LogP) is 2.74. The Hall–Kier alpha value is -3.08. The number of carbonyl (C=O) groups excluding carboxylic acids is 2. The van der Waals surface area contributed by atoms with Crippen LogP contribution in [-0.4, -0.2) is 23.4 Å². The second kappa shape index (κ2) is 7.04. The van der Waals surface area contributed by atoms with Crippen LogP contribution in [0.25, 0.3) is 10.9 Å². The minimum atomic E-state index is -1.31. The van der Waals surface area contributed by atoms with Crippen molar-refractivity contribution in [3.8, 4) is 0 Å². The smallest absolute Gasteiger partial charge is 0.231 e.